The van der Waals surface area contributed by atoms with E-state index in [4.69, 9.17) is 0 Å². The second kappa shape index (κ2) is 7.63. The molecule has 0 spiro atoms. The summed E-state index contributed by atoms with van der Waals surface area (Å²) >= 11 is 0. The minimum absolute atomic E-state index is 0.268. The minimum atomic E-state index is 0.268. The highest BCUT2D eigenvalue weighted by atomic mass is 16.3. The fraction of sp³-hybridized carbons (Fsp3) is 0.217. The maximum absolute atomic E-state index is 10.1. The first-order valence-corrected chi connectivity index (χ1v) is 9.20. The number of piperazine rings is 1. The summed E-state index contributed by atoms with van der Waals surface area (Å²) in [5, 5.41) is 10.1. The zero-order valence-corrected chi connectivity index (χ0v) is 14.8. The van der Waals surface area contributed by atoms with Gasteiger partial charge in [0.05, 0.1) is 11.7 Å². The number of aromatic hydroxyl groups is 1. The second-order valence-electron chi connectivity index (χ2n) is 6.74. The predicted octanol–water partition coefficient (Wildman–Crippen LogP) is 4.30. The summed E-state index contributed by atoms with van der Waals surface area (Å²) in [5.41, 5.74) is 3.59. The van der Waals surface area contributed by atoms with Gasteiger partial charge in [0.1, 0.15) is 5.75 Å². The number of benzene rings is 3. The molecule has 0 aromatic heterocycles. The van der Waals surface area contributed by atoms with Crippen molar-refractivity contribution in [2.75, 3.05) is 31.1 Å². The Labute approximate surface area is 155 Å². The topological polar surface area (TPSA) is 26.7 Å². The summed E-state index contributed by atoms with van der Waals surface area (Å²) in [6, 6.07) is 29.3. The van der Waals surface area contributed by atoms with Gasteiger partial charge in [0.15, 0.2) is 0 Å². The lowest BCUT2D eigenvalue weighted by Gasteiger charge is -2.40. The highest BCUT2D eigenvalue weighted by molar-refractivity contribution is 5.57. The molecular weight excluding hydrogens is 320 g/mol. The highest BCUT2D eigenvalue weighted by Crippen LogP contribution is 2.32. The standard InChI is InChI=1S/C23H24N2O/c26-22-14-8-7-13-21(22)24-15-17-25(18-16-24)23(19-9-3-1-4-10-19)20-11-5-2-6-12-20/h1-14,23,26H,15-18H2. The molecular formula is C23H24N2O. The fourth-order valence-electron chi connectivity index (χ4n) is 3.84. The maximum atomic E-state index is 10.1. The van der Waals surface area contributed by atoms with Crippen molar-refractivity contribution in [1.82, 2.24) is 4.90 Å². The SMILES string of the molecule is Oc1ccccc1N1CCN(C(c2ccccc2)c2ccccc2)CC1. The third kappa shape index (κ3) is 3.44. The number of hydrogen-bond donors (Lipinski definition) is 1. The van der Waals surface area contributed by atoms with Gasteiger partial charge in [0.2, 0.25) is 0 Å². The summed E-state index contributed by atoms with van der Waals surface area (Å²) in [4.78, 5) is 4.82. The summed E-state index contributed by atoms with van der Waals surface area (Å²) < 4.78 is 0. The third-order valence-corrected chi connectivity index (χ3v) is 5.13. The first-order valence-electron chi connectivity index (χ1n) is 9.20. The van der Waals surface area contributed by atoms with Crippen LogP contribution in [0.3, 0.4) is 0 Å². The fourth-order valence-corrected chi connectivity index (χ4v) is 3.84. The van der Waals surface area contributed by atoms with Gasteiger partial charge in [-0.25, -0.2) is 0 Å². The van der Waals surface area contributed by atoms with Crippen LogP contribution in [0.4, 0.5) is 5.69 Å². The molecule has 0 unspecified atom stereocenters. The number of anilines is 1. The average Bonchev–Trinajstić information content (AvgIpc) is 2.71. The molecule has 1 aliphatic rings. The number of para-hydroxylation sites is 2. The molecule has 1 heterocycles. The summed E-state index contributed by atoms with van der Waals surface area (Å²) in [6.45, 7) is 3.74. The number of hydrogen-bond acceptors (Lipinski definition) is 3. The van der Waals surface area contributed by atoms with E-state index >= 15 is 0 Å². The predicted molar refractivity (Wildman–Crippen MR) is 107 cm³/mol. The highest BCUT2D eigenvalue weighted by Gasteiger charge is 2.27. The molecule has 1 saturated heterocycles. The molecule has 0 saturated carbocycles. The van der Waals surface area contributed by atoms with Crippen LogP contribution in [-0.2, 0) is 0 Å². The van der Waals surface area contributed by atoms with Crippen LogP contribution >= 0.6 is 0 Å². The molecule has 3 aromatic carbocycles. The van der Waals surface area contributed by atoms with Crippen molar-refractivity contribution in [3.63, 3.8) is 0 Å². The Balaban J connectivity index is 1.56. The van der Waals surface area contributed by atoms with Gasteiger partial charge in [-0.1, -0.05) is 72.8 Å². The average molecular weight is 344 g/mol. The van der Waals surface area contributed by atoms with Crippen LogP contribution in [0.2, 0.25) is 0 Å². The van der Waals surface area contributed by atoms with Crippen LogP contribution in [-0.4, -0.2) is 36.2 Å². The Morgan fingerprint density at radius 3 is 1.65 bits per heavy atom. The van der Waals surface area contributed by atoms with Crippen LogP contribution < -0.4 is 4.90 Å². The third-order valence-electron chi connectivity index (χ3n) is 5.13. The molecule has 0 radical (unpaired) electrons. The molecule has 0 aliphatic carbocycles. The van der Waals surface area contributed by atoms with E-state index in [1.54, 1.807) is 6.07 Å². The Hall–Kier alpha value is -2.78. The van der Waals surface area contributed by atoms with E-state index in [-0.39, 0.29) is 6.04 Å². The van der Waals surface area contributed by atoms with Gasteiger partial charge in [-0.15, -0.1) is 0 Å². The molecule has 1 fully saturated rings. The van der Waals surface area contributed by atoms with Crippen LogP contribution in [0.15, 0.2) is 84.9 Å². The van der Waals surface area contributed by atoms with Crippen molar-refractivity contribution in [1.29, 1.82) is 0 Å². The quantitative estimate of drug-likeness (QED) is 0.764. The van der Waals surface area contributed by atoms with Gasteiger partial charge in [-0.2, -0.15) is 0 Å². The second-order valence-corrected chi connectivity index (χ2v) is 6.74. The van der Waals surface area contributed by atoms with Crippen molar-refractivity contribution in [2.45, 2.75) is 6.04 Å². The summed E-state index contributed by atoms with van der Waals surface area (Å²) in [6.07, 6.45) is 0. The number of nitrogens with zero attached hydrogens (tertiary/aromatic N) is 2. The first kappa shape index (κ1) is 16.7. The van der Waals surface area contributed by atoms with Crippen LogP contribution in [0, 0.1) is 0 Å². The first-order chi connectivity index (χ1) is 12.8. The summed E-state index contributed by atoms with van der Waals surface area (Å²) in [7, 11) is 0. The van der Waals surface area contributed by atoms with Crippen molar-refractivity contribution in [3.05, 3.63) is 96.1 Å². The molecule has 3 nitrogen and oxygen atoms in total. The lowest BCUT2D eigenvalue weighted by Crippen LogP contribution is -2.48. The van der Waals surface area contributed by atoms with E-state index in [1.165, 1.54) is 11.1 Å². The van der Waals surface area contributed by atoms with E-state index in [2.05, 4.69) is 70.5 Å². The lowest BCUT2D eigenvalue weighted by molar-refractivity contribution is 0.212. The van der Waals surface area contributed by atoms with E-state index in [0.717, 1.165) is 31.9 Å². The monoisotopic (exact) mass is 344 g/mol. The molecule has 3 heteroatoms. The van der Waals surface area contributed by atoms with Crippen molar-refractivity contribution in [2.24, 2.45) is 0 Å². The van der Waals surface area contributed by atoms with E-state index in [9.17, 15) is 5.11 Å². The minimum Gasteiger partial charge on any atom is -0.506 e. The van der Waals surface area contributed by atoms with Gasteiger partial charge in [0, 0.05) is 26.2 Å². The smallest absolute Gasteiger partial charge is 0.138 e. The Bertz CT molecular complexity index is 788. The van der Waals surface area contributed by atoms with Gasteiger partial charge in [0.25, 0.3) is 0 Å². The Kier molecular flexibility index (Phi) is 4.89. The van der Waals surface area contributed by atoms with Gasteiger partial charge in [-0.05, 0) is 23.3 Å². The van der Waals surface area contributed by atoms with Crippen molar-refractivity contribution >= 4 is 5.69 Å². The van der Waals surface area contributed by atoms with Crippen LogP contribution in [0.5, 0.6) is 5.75 Å². The number of phenolic OH excluding ortho intramolecular Hbond substituents is 1. The normalized spacial score (nSPS) is 15.3. The van der Waals surface area contributed by atoms with E-state index in [0.29, 0.717) is 5.75 Å². The summed E-state index contributed by atoms with van der Waals surface area (Å²) in [5.74, 6) is 0.364. The molecule has 3 aromatic rings. The molecule has 0 amide bonds. The lowest BCUT2D eigenvalue weighted by atomic mass is 9.96. The molecule has 4 rings (SSSR count). The molecule has 1 aliphatic heterocycles. The van der Waals surface area contributed by atoms with Gasteiger partial charge < -0.3 is 10.0 Å². The number of phenols is 1. The van der Waals surface area contributed by atoms with Gasteiger partial charge >= 0.3 is 0 Å². The Morgan fingerprint density at radius 2 is 1.12 bits per heavy atom. The molecule has 1 N–H and O–H groups in total. The molecule has 26 heavy (non-hydrogen) atoms. The molecule has 132 valence electrons. The van der Waals surface area contributed by atoms with Crippen molar-refractivity contribution < 1.29 is 5.11 Å². The molecule has 0 bridgehead atoms. The van der Waals surface area contributed by atoms with E-state index < -0.39 is 0 Å². The largest absolute Gasteiger partial charge is 0.506 e. The van der Waals surface area contributed by atoms with Gasteiger partial charge in [-0.3, -0.25) is 4.90 Å². The number of rotatable bonds is 4. The van der Waals surface area contributed by atoms with E-state index in [1.807, 2.05) is 18.2 Å². The zero-order valence-electron chi connectivity index (χ0n) is 14.8. The zero-order chi connectivity index (χ0) is 17.8. The maximum Gasteiger partial charge on any atom is 0.138 e. The molecule has 0 atom stereocenters. The van der Waals surface area contributed by atoms with Crippen molar-refractivity contribution in [3.8, 4) is 5.75 Å². The van der Waals surface area contributed by atoms with Crippen LogP contribution in [0.1, 0.15) is 17.2 Å². The Morgan fingerprint density at radius 1 is 0.615 bits per heavy atom. The van der Waals surface area contributed by atoms with Crippen LogP contribution in [0.25, 0.3) is 0 Å².